The van der Waals surface area contributed by atoms with Crippen molar-refractivity contribution in [1.29, 1.82) is 0 Å². The van der Waals surface area contributed by atoms with Gasteiger partial charge in [-0.2, -0.15) is 0 Å². The molecule has 1 rings (SSSR count). The first kappa shape index (κ1) is 9.48. The second-order valence-electron chi connectivity index (χ2n) is 3.38. The van der Waals surface area contributed by atoms with Crippen molar-refractivity contribution in [2.45, 2.75) is 37.8 Å². The van der Waals surface area contributed by atoms with Gasteiger partial charge in [0.05, 0.1) is 6.10 Å². The highest BCUT2D eigenvalue weighted by molar-refractivity contribution is 5.73. The van der Waals surface area contributed by atoms with Crippen molar-refractivity contribution in [1.82, 2.24) is 0 Å². The van der Waals surface area contributed by atoms with Crippen LogP contribution in [0.15, 0.2) is 0 Å². The van der Waals surface area contributed by atoms with Gasteiger partial charge in [-0.1, -0.05) is 12.8 Å². The van der Waals surface area contributed by atoms with E-state index in [0.717, 1.165) is 19.3 Å². The van der Waals surface area contributed by atoms with Gasteiger partial charge in [0.1, 0.15) is 6.04 Å². The number of carboxylic acid groups (broad SMARTS) is 1. The Kier molecular flexibility index (Phi) is 3.05. The van der Waals surface area contributed by atoms with Crippen LogP contribution in [0.2, 0.25) is 0 Å². The van der Waals surface area contributed by atoms with Crippen molar-refractivity contribution in [3.8, 4) is 0 Å². The quantitative estimate of drug-likeness (QED) is 0.546. The second-order valence-corrected chi connectivity index (χ2v) is 3.38. The SMILES string of the molecule is N[C@H](C(=O)O)[C@H]1CCCC[C@H]1O. The Hall–Kier alpha value is -0.610. The zero-order valence-corrected chi connectivity index (χ0v) is 6.94. The first-order valence-electron chi connectivity index (χ1n) is 4.29. The Bertz CT molecular complexity index is 172. The van der Waals surface area contributed by atoms with Crippen LogP contribution in [0, 0.1) is 5.92 Å². The number of carbonyl (C=O) groups is 1. The average Bonchev–Trinajstić information content (AvgIpc) is 2.04. The molecule has 0 amide bonds. The van der Waals surface area contributed by atoms with E-state index in [2.05, 4.69) is 0 Å². The molecular weight excluding hydrogens is 158 g/mol. The van der Waals surface area contributed by atoms with Gasteiger partial charge in [0.15, 0.2) is 0 Å². The molecule has 70 valence electrons. The summed E-state index contributed by atoms with van der Waals surface area (Å²) in [5.74, 6) is -1.27. The summed E-state index contributed by atoms with van der Waals surface area (Å²) in [7, 11) is 0. The minimum absolute atomic E-state index is 0.253. The fourth-order valence-electron chi connectivity index (χ4n) is 1.74. The van der Waals surface area contributed by atoms with Crippen LogP contribution in [0.4, 0.5) is 0 Å². The summed E-state index contributed by atoms with van der Waals surface area (Å²) in [4.78, 5) is 10.5. The zero-order valence-electron chi connectivity index (χ0n) is 6.94. The lowest BCUT2D eigenvalue weighted by Crippen LogP contribution is -2.45. The predicted molar refractivity (Wildman–Crippen MR) is 43.6 cm³/mol. The molecule has 1 aliphatic carbocycles. The molecule has 0 bridgehead atoms. The number of hydrogen-bond acceptors (Lipinski definition) is 3. The molecular formula is C8H15NO3. The molecule has 1 aliphatic rings. The van der Waals surface area contributed by atoms with Crippen molar-refractivity contribution in [3.63, 3.8) is 0 Å². The normalized spacial score (nSPS) is 32.8. The number of aliphatic hydroxyl groups excluding tert-OH is 1. The highest BCUT2D eigenvalue weighted by Crippen LogP contribution is 2.26. The van der Waals surface area contributed by atoms with Gasteiger partial charge in [0.2, 0.25) is 0 Å². The largest absolute Gasteiger partial charge is 0.480 e. The molecule has 4 heteroatoms. The number of carboxylic acids is 1. The molecule has 4 N–H and O–H groups in total. The Morgan fingerprint density at radius 2 is 2.00 bits per heavy atom. The van der Waals surface area contributed by atoms with Gasteiger partial charge in [-0.05, 0) is 12.8 Å². The van der Waals surface area contributed by atoms with E-state index >= 15 is 0 Å². The van der Waals surface area contributed by atoms with Gasteiger partial charge < -0.3 is 15.9 Å². The van der Waals surface area contributed by atoms with Crippen molar-refractivity contribution in [3.05, 3.63) is 0 Å². The summed E-state index contributed by atoms with van der Waals surface area (Å²) >= 11 is 0. The molecule has 0 aromatic heterocycles. The van der Waals surface area contributed by atoms with E-state index in [4.69, 9.17) is 10.8 Å². The van der Waals surface area contributed by atoms with E-state index in [1.165, 1.54) is 0 Å². The van der Waals surface area contributed by atoms with Gasteiger partial charge in [0.25, 0.3) is 0 Å². The molecule has 0 radical (unpaired) electrons. The molecule has 3 atom stereocenters. The van der Waals surface area contributed by atoms with Crippen LogP contribution >= 0.6 is 0 Å². The summed E-state index contributed by atoms with van der Waals surface area (Å²) < 4.78 is 0. The van der Waals surface area contributed by atoms with Crippen LogP contribution in [0.1, 0.15) is 25.7 Å². The minimum Gasteiger partial charge on any atom is -0.480 e. The Balaban J connectivity index is 2.53. The summed E-state index contributed by atoms with van der Waals surface area (Å²) in [5, 5.41) is 18.1. The first-order chi connectivity index (χ1) is 5.63. The standard InChI is InChI=1S/C8H15NO3/c9-7(8(11)12)5-3-1-2-4-6(5)10/h5-7,10H,1-4,9H2,(H,11,12)/t5-,6+,7-/m0/s1. The molecule has 1 saturated carbocycles. The second kappa shape index (κ2) is 3.87. The lowest BCUT2D eigenvalue weighted by atomic mass is 9.82. The van der Waals surface area contributed by atoms with Crippen LogP contribution in [-0.4, -0.2) is 28.3 Å². The van der Waals surface area contributed by atoms with E-state index in [-0.39, 0.29) is 5.92 Å². The Morgan fingerprint density at radius 3 is 2.50 bits per heavy atom. The molecule has 0 heterocycles. The molecule has 4 nitrogen and oxygen atoms in total. The third kappa shape index (κ3) is 1.95. The molecule has 0 spiro atoms. The number of hydrogen-bond donors (Lipinski definition) is 3. The van der Waals surface area contributed by atoms with Crippen LogP contribution in [0.25, 0.3) is 0 Å². The lowest BCUT2D eigenvalue weighted by Gasteiger charge is -2.29. The fourth-order valence-corrected chi connectivity index (χ4v) is 1.74. The summed E-state index contributed by atoms with van der Waals surface area (Å²) in [6, 6.07) is -0.903. The van der Waals surface area contributed by atoms with E-state index in [1.54, 1.807) is 0 Å². The maximum atomic E-state index is 10.5. The summed E-state index contributed by atoms with van der Waals surface area (Å²) in [6.45, 7) is 0. The maximum Gasteiger partial charge on any atom is 0.320 e. The van der Waals surface area contributed by atoms with Crippen LogP contribution < -0.4 is 5.73 Å². The monoisotopic (exact) mass is 173 g/mol. The Morgan fingerprint density at radius 1 is 1.42 bits per heavy atom. The zero-order chi connectivity index (χ0) is 9.14. The first-order valence-corrected chi connectivity index (χ1v) is 4.29. The average molecular weight is 173 g/mol. The number of nitrogens with two attached hydrogens (primary N) is 1. The molecule has 0 aromatic carbocycles. The number of aliphatic hydroxyl groups is 1. The van der Waals surface area contributed by atoms with Gasteiger partial charge in [-0.25, -0.2) is 0 Å². The summed E-state index contributed by atoms with van der Waals surface area (Å²) in [5.41, 5.74) is 5.42. The van der Waals surface area contributed by atoms with E-state index in [0.29, 0.717) is 6.42 Å². The van der Waals surface area contributed by atoms with Crippen molar-refractivity contribution in [2.24, 2.45) is 11.7 Å². The molecule has 1 fully saturated rings. The third-order valence-electron chi connectivity index (χ3n) is 2.53. The fraction of sp³-hybridized carbons (Fsp3) is 0.875. The molecule has 12 heavy (non-hydrogen) atoms. The van der Waals surface area contributed by atoms with Gasteiger partial charge >= 0.3 is 5.97 Å². The van der Waals surface area contributed by atoms with E-state index < -0.39 is 18.1 Å². The van der Waals surface area contributed by atoms with Crippen molar-refractivity contribution >= 4 is 5.97 Å². The predicted octanol–water partition coefficient (Wildman–Crippen LogP) is -0.0506. The molecule has 0 aliphatic heterocycles. The number of aliphatic carboxylic acids is 1. The summed E-state index contributed by atoms with van der Waals surface area (Å²) in [6.07, 6.45) is 2.84. The van der Waals surface area contributed by atoms with Crippen molar-refractivity contribution < 1.29 is 15.0 Å². The van der Waals surface area contributed by atoms with E-state index in [1.807, 2.05) is 0 Å². The topological polar surface area (TPSA) is 83.6 Å². The smallest absolute Gasteiger partial charge is 0.320 e. The van der Waals surface area contributed by atoms with Gasteiger partial charge in [-0.15, -0.1) is 0 Å². The minimum atomic E-state index is -1.01. The molecule has 0 unspecified atom stereocenters. The lowest BCUT2D eigenvalue weighted by molar-refractivity contribution is -0.141. The Labute approximate surface area is 71.4 Å². The van der Waals surface area contributed by atoms with Gasteiger partial charge in [0, 0.05) is 5.92 Å². The van der Waals surface area contributed by atoms with Crippen molar-refractivity contribution in [2.75, 3.05) is 0 Å². The molecule has 0 aromatic rings. The van der Waals surface area contributed by atoms with Crippen LogP contribution in [0.3, 0.4) is 0 Å². The highest BCUT2D eigenvalue weighted by Gasteiger charge is 2.32. The van der Waals surface area contributed by atoms with E-state index in [9.17, 15) is 9.90 Å². The molecule has 0 saturated heterocycles. The van der Waals surface area contributed by atoms with Crippen LogP contribution in [-0.2, 0) is 4.79 Å². The maximum absolute atomic E-state index is 10.5. The number of rotatable bonds is 2. The van der Waals surface area contributed by atoms with Gasteiger partial charge in [-0.3, -0.25) is 4.79 Å². The highest BCUT2D eigenvalue weighted by atomic mass is 16.4. The van der Waals surface area contributed by atoms with Crippen LogP contribution in [0.5, 0.6) is 0 Å². The third-order valence-corrected chi connectivity index (χ3v) is 2.53.